The number of aryl methyl sites for hydroxylation is 2. The number of carbonyl (C=O) groups excluding carboxylic acids is 2. The van der Waals surface area contributed by atoms with Crippen molar-refractivity contribution in [2.45, 2.75) is 27.7 Å². The van der Waals surface area contributed by atoms with Crippen molar-refractivity contribution >= 4 is 34.2 Å². The summed E-state index contributed by atoms with van der Waals surface area (Å²) in [7, 11) is 0. The topological polar surface area (TPSA) is 104 Å². The Morgan fingerprint density at radius 1 is 1.00 bits per heavy atom. The highest BCUT2D eigenvalue weighted by molar-refractivity contribution is 6.17. The van der Waals surface area contributed by atoms with E-state index in [9.17, 15) is 9.59 Å². The number of aliphatic hydroxyl groups is 1. The zero-order chi connectivity index (χ0) is 23.7. The van der Waals surface area contributed by atoms with Gasteiger partial charge in [-0.15, -0.1) is 10.2 Å². The number of hydrogen-bond acceptors (Lipinski definition) is 7. The van der Waals surface area contributed by atoms with Gasteiger partial charge in [-0.3, -0.25) is 14.5 Å². The summed E-state index contributed by atoms with van der Waals surface area (Å²) in [6.45, 7) is 9.79. The van der Waals surface area contributed by atoms with E-state index in [1.807, 2.05) is 32.0 Å². The number of imide groups is 1. The predicted molar refractivity (Wildman–Crippen MR) is 127 cm³/mol. The van der Waals surface area contributed by atoms with E-state index in [0.717, 1.165) is 40.3 Å². The number of hydrogen-bond donors (Lipinski definition) is 2. The molecule has 9 nitrogen and oxygen atoms in total. The van der Waals surface area contributed by atoms with Crippen molar-refractivity contribution < 1.29 is 14.7 Å². The fourth-order valence-electron chi connectivity index (χ4n) is 4.01. The molecule has 2 amide bonds. The third kappa shape index (κ3) is 4.19. The highest BCUT2D eigenvalue weighted by atomic mass is 16.3. The van der Waals surface area contributed by atoms with Crippen molar-refractivity contribution in [2.24, 2.45) is 0 Å². The molecule has 0 bridgehead atoms. The molecule has 33 heavy (non-hydrogen) atoms. The van der Waals surface area contributed by atoms with Crippen LogP contribution in [0.3, 0.4) is 0 Å². The molecule has 0 atom stereocenters. The number of fused-ring (bicyclic) bond motifs is 1. The highest BCUT2D eigenvalue weighted by Crippen LogP contribution is 2.26. The third-order valence-electron chi connectivity index (χ3n) is 5.85. The molecule has 0 fully saturated rings. The van der Waals surface area contributed by atoms with E-state index in [2.05, 4.69) is 46.4 Å². The summed E-state index contributed by atoms with van der Waals surface area (Å²) >= 11 is 0. The SMILES string of the molecule is CCN(CC)c1ccc(-n2nc3cc(C)c(NC4=CC(=O)N(CCO)C4=O)cc3n2)c(C)c1. The molecule has 1 aliphatic heterocycles. The van der Waals surface area contributed by atoms with Crippen LogP contribution in [0.5, 0.6) is 0 Å². The molecule has 0 aliphatic carbocycles. The Kier molecular flexibility index (Phi) is 6.15. The second kappa shape index (κ2) is 9.03. The maximum Gasteiger partial charge on any atom is 0.277 e. The van der Waals surface area contributed by atoms with E-state index >= 15 is 0 Å². The smallest absolute Gasteiger partial charge is 0.277 e. The number of β-amino-alcohol motifs (C(OH)–C–C–N with tert-alkyl or cyclic N) is 1. The van der Waals surface area contributed by atoms with Gasteiger partial charge in [0.05, 0.1) is 18.8 Å². The van der Waals surface area contributed by atoms with Crippen LogP contribution in [0.15, 0.2) is 42.1 Å². The fraction of sp³-hybridized carbons (Fsp3) is 0.333. The summed E-state index contributed by atoms with van der Waals surface area (Å²) in [5, 5.41) is 21.4. The van der Waals surface area contributed by atoms with Crippen molar-refractivity contribution in [2.75, 3.05) is 36.5 Å². The lowest BCUT2D eigenvalue weighted by atomic mass is 10.1. The van der Waals surface area contributed by atoms with E-state index in [1.54, 1.807) is 4.80 Å². The summed E-state index contributed by atoms with van der Waals surface area (Å²) in [6.07, 6.45) is 1.25. The zero-order valence-corrected chi connectivity index (χ0v) is 19.3. The number of benzene rings is 2. The van der Waals surface area contributed by atoms with E-state index in [-0.39, 0.29) is 18.8 Å². The average molecular weight is 449 g/mol. The summed E-state index contributed by atoms with van der Waals surface area (Å²) in [4.78, 5) is 29.4. The van der Waals surface area contributed by atoms with Gasteiger partial charge in [-0.1, -0.05) is 0 Å². The molecule has 172 valence electrons. The monoisotopic (exact) mass is 448 g/mol. The van der Waals surface area contributed by atoms with Crippen LogP contribution in [0.25, 0.3) is 16.7 Å². The Morgan fingerprint density at radius 2 is 1.70 bits per heavy atom. The summed E-state index contributed by atoms with van der Waals surface area (Å²) in [6, 6.07) is 9.96. The second-order valence-corrected chi connectivity index (χ2v) is 7.99. The Labute approximate surface area is 192 Å². The number of aromatic nitrogens is 3. The molecule has 2 aromatic carbocycles. The first-order chi connectivity index (χ1) is 15.9. The summed E-state index contributed by atoms with van der Waals surface area (Å²) in [5.74, 6) is -0.897. The largest absolute Gasteiger partial charge is 0.395 e. The van der Waals surface area contributed by atoms with Gasteiger partial charge in [0.15, 0.2) is 0 Å². The van der Waals surface area contributed by atoms with Crippen molar-refractivity contribution in [3.05, 3.63) is 53.2 Å². The van der Waals surface area contributed by atoms with Gasteiger partial charge in [0.25, 0.3) is 11.8 Å². The summed E-state index contributed by atoms with van der Waals surface area (Å²) < 4.78 is 0. The molecular weight excluding hydrogens is 420 g/mol. The maximum atomic E-state index is 12.5. The first kappa shape index (κ1) is 22.5. The Morgan fingerprint density at radius 3 is 2.33 bits per heavy atom. The molecule has 1 aromatic heterocycles. The van der Waals surface area contributed by atoms with Crippen molar-refractivity contribution in [3.63, 3.8) is 0 Å². The van der Waals surface area contributed by atoms with Crippen LogP contribution in [0.1, 0.15) is 25.0 Å². The van der Waals surface area contributed by atoms with Crippen molar-refractivity contribution in [1.29, 1.82) is 0 Å². The van der Waals surface area contributed by atoms with Crippen molar-refractivity contribution in [1.82, 2.24) is 19.9 Å². The lowest BCUT2D eigenvalue weighted by Gasteiger charge is -2.22. The minimum Gasteiger partial charge on any atom is -0.395 e. The van der Waals surface area contributed by atoms with E-state index in [1.165, 1.54) is 11.8 Å². The quantitative estimate of drug-likeness (QED) is 0.511. The molecule has 2 heterocycles. The van der Waals surface area contributed by atoms with Crippen LogP contribution in [-0.2, 0) is 9.59 Å². The number of aliphatic hydroxyl groups excluding tert-OH is 1. The third-order valence-corrected chi connectivity index (χ3v) is 5.85. The van der Waals surface area contributed by atoms with Crippen LogP contribution in [0.4, 0.5) is 11.4 Å². The molecular formula is C24H28N6O3. The Hall–Kier alpha value is -3.72. The number of anilines is 2. The van der Waals surface area contributed by atoms with Gasteiger partial charge in [0, 0.05) is 30.5 Å². The van der Waals surface area contributed by atoms with Crippen LogP contribution < -0.4 is 10.2 Å². The first-order valence-corrected chi connectivity index (χ1v) is 11.0. The van der Waals surface area contributed by atoms with Gasteiger partial charge < -0.3 is 15.3 Å². The molecule has 3 aromatic rings. The van der Waals surface area contributed by atoms with Crippen LogP contribution in [0.2, 0.25) is 0 Å². The van der Waals surface area contributed by atoms with Gasteiger partial charge >= 0.3 is 0 Å². The molecule has 0 saturated heterocycles. The van der Waals surface area contributed by atoms with E-state index < -0.39 is 11.8 Å². The zero-order valence-electron chi connectivity index (χ0n) is 19.3. The molecule has 2 N–H and O–H groups in total. The van der Waals surface area contributed by atoms with Gasteiger partial charge in [-0.25, -0.2) is 0 Å². The maximum absolute atomic E-state index is 12.5. The van der Waals surface area contributed by atoms with Gasteiger partial charge in [-0.05, 0) is 69.2 Å². The fourth-order valence-corrected chi connectivity index (χ4v) is 4.01. The number of carbonyl (C=O) groups is 2. The number of nitrogens with zero attached hydrogens (tertiary/aromatic N) is 5. The van der Waals surface area contributed by atoms with Crippen LogP contribution >= 0.6 is 0 Å². The van der Waals surface area contributed by atoms with Gasteiger partial charge in [0.1, 0.15) is 16.7 Å². The predicted octanol–water partition coefficient (Wildman–Crippen LogP) is 2.54. The molecule has 0 saturated carbocycles. The number of rotatable bonds is 8. The molecule has 0 spiro atoms. The molecule has 0 radical (unpaired) electrons. The second-order valence-electron chi connectivity index (χ2n) is 7.99. The van der Waals surface area contributed by atoms with Gasteiger partial charge in [0.2, 0.25) is 0 Å². The molecule has 4 rings (SSSR count). The molecule has 9 heteroatoms. The lowest BCUT2D eigenvalue weighted by Crippen LogP contribution is -2.34. The normalized spacial score (nSPS) is 13.7. The Bertz CT molecular complexity index is 1260. The highest BCUT2D eigenvalue weighted by Gasteiger charge is 2.30. The molecule has 0 unspecified atom stereocenters. The van der Waals surface area contributed by atoms with Gasteiger partial charge in [-0.2, -0.15) is 4.80 Å². The molecule has 1 aliphatic rings. The van der Waals surface area contributed by atoms with Crippen LogP contribution in [-0.4, -0.2) is 63.1 Å². The Balaban J connectivity index is 1.63. The van der Waals surface area contributed by atoms with Crippen LogP contribution in [0, 0.1) is 13.8 Å². The lowest BCUT2D eigenvalue weighted by molar-refractivity contribution is -0.137. The summed E-state index contributed by atoms with van der Waals surface area (Å²) in [5.41, 5.74) is 6.24. The number of nitrogens with one attached hydrogen (secondary N) is 1. The number of amides is 2. The standard InChI is InChI=1S/C24H28N6O3/c1-5-28(6-2)17-7-8-22(16(4)11-17)30-26-19-12-15(3)18(13-20(19)27-30)25-21-14-23(32)29(9-10-31)24(21)33/h7-8,11-14,25,31H,5-6,9-10H2,1-4H3. The minimum absolute atomic E-state index is 0.0297. The van der Waals surface area contributed by atoms with E-state index in [0.29, 0.717) is 11.2 Å². The van der Waals surface area contributed by atoms with E-state index in [4.69, 9.17) is 5.11 Å². The minimum atomic E-state index is -0.457. The average Bonchev–Trinajstić information content (AvgIpc) is 3.30. The van der Waals surface area contributed by atoms with Crippen molar-refractivity contribution in [3.8, 4) is 5.69 Å². The first-order valence-electron chi connectivity index (χ1n) is 11.0.